The first kappa shape index (κ1) is 21.7. The number of nitrogens with one attached hydrogen (secondary N) is 3. The van der Waals surface area contributed by atoms with Crippen LogP contribution in [0.4, 0.5) is 0 Å². The molecule has 7 heteroatoms. The lowest BCUT2D eigenvalue weighted by molar-refractivity contribution is -0.115. The fourth-order valence-corrected chi connectivity index (χ4v) is 2.94. The summed E-state index contributed by atoms with van der Waals surface area (Å²) in [6.45, 7) is 0. The van der Waals surface area contributed by atoms with Gasteiger partial charge in [-0.15, -0.1) is 0 Å². The van der Waals surface area contributed by atoms with Gasteiger partial charge in [0.1, 0.15) is 5.75 Å². The third-order valence-electron chi connectivity index (χ3n) is 4.33. The number of rotatable bonds is 5. The smallest absolute Gasteiger partial charge is 0.269 e. The van der Waals surface area contributed by atoms with E-state index in [2.05, 4.69) is 16.2 Å². The van der Waals surface area contributed by atoms with Crippen LogP contribution < -0.4 is 20.9 Å². The van der Waals surface area contributed by atoms with Gasteiger partial charge in [-0.05, 0) is 47.6 Å². The molecule has 0 aromatic heterocycles. The molecule has 2 amide bonds. The van der Waals surface area contributed by atoms with Crippen molar-refractivity contribution in [2.75, 3.05) is 7.11 Å². The number of methoxy groups -OCH3 is 1. The molecule has 3 N–H and O–H groups in total. The van der Waals surface area contributed by atoms with Crippen LogP contribution in [-0.2, 0) is 4.79 Å². The summed E-state index contributed by atoms with van der Waals surface area (Å²) in [6, 6.07) is 24.3. The zero-order chi connectivity index (χ0) is 22.1. The molecule has 3 aromatic carbocycles. The Labute approximate surface area is 185 Å². The van der Waals surface area contributed by atoms with Crippen molar-refractivity contribution in [1.82, 2.24) is 16.2 Å². The maximum atomic E-state index is 12.3. The molecular formula is C24H21N3O3S. The molecule has 3 rings (SSSR count). The van der Waals surface area contributed by atoms with E-state index >= 15 is 0 Å². The van der Waals surface area contributed by atoms with Crippen molar-refractivity contribution >= 4 is 35.2 Å². The van der Waals surface area contributed by atoms with Crippen LogP contribution in [0.1, 0.15) is 15.9 Å². The van der Waals surface area contributed by atoms with Crippen LogP contribution in [0.5, 0.6) is 5.75 Å². The normalized spacial score (nSPS) is 10.4. The number of hydrogen-bond donors (Lipinski definition) is 3. The minimum atomic E-state index is -0.440. The molecule has 0 aliphatic rings. The number of hydrazine groups is 1. The third kappa shape index (κ3) is 6.25. The molecule has 0 heterocycles. The minimum Gasteiger partial charge on any atom is -0.496 e. The Morgan fingerprint density at radius 2 is 1.48 bits per heavy atom. The highest BCUT2D eigenvalue weighted by atomic mass is 32.1. The van der Waals surface area contributed by atoms with E-state index in [0.29, 0.717) is 11.3 Å². The predicted molar refractivity (Wildman–Crippen MR) is 125 cm³/mol. The van der Waals surface area contributed by atoms with E-state index in [4.69, 9.17) is 17.0 Å². The number of amides is 2. The van der Waals surface area contributed by atoms with Crippen molar-refractivity contribution < 1.29 is 14.3 Å². The van der Waals surface area contributed by atoms with E-state index in [1.807, 2.05) is 60.7 Å². The zero-order valence-electron chi connectivity index (χ0n) is 16.8. The van der Waals surface area contributed by atoms with E-state index in [1.54, 1.807) is 31.4 Å². The van der Waals surface area contributed by atoms with Gasteiger partial charge < -0.3 is 4.74 Å². The number of carbonyl (C=O) groups excluding carboxylic acids is 2. The summed E-state index contributed by atoms with van der Waals surface area (Å²) < 4.78 is 5.23. The summed E-state index contributed by atoms with van der Waals surface area (Å²) in [6.07, 6.45) is 2.94. The molecule has 0 radical (unpaired) electrons. The van der Waals surface area contributed by atoms with Crippen LogP contribution in [0, 0.1) is 0 Å². The van der Waals surface area contributed by atoms with E-state index in [-0.39, 0.29) is 11.0 Å². The molecule has 0 saturated carbocycles. The SMILES string of the molecule is COc1ccccc1/C=C/C(=O)NC(=S)NNC(=O)c1ccc(-c2ccccc2)cc1. The second kappa shape index (κ2) is 10.7. The molecule has 0 fully saturated rings. The zero-order valence-corrected chi connectivity index (χ0v) is 17.6. The highest BCUT2D eigenvalue weighted by Crippen LogP contribution is 2.19. The van der Waals surface area contributed by atoms with Gasteiger partial charge in [0.2, 0.25) is 5.91 Å². The highest BCUT2D eigenvalue weighted by Gasteiger charge is 2.07. The van der Waals surface area contributed by atoms with Crippen molar-refractivity contribution in [3.63, 3.8) is 0 Å². The van der Waals surface area contributed by atoms with Gasteiger partial charge in [-0.25, -0.2) is 0 Å². The van der Waals surface area contributed by atoms with E-state index in [0.717, 1.165) is 16.7 Å². The molecule has 156 valence electrons. The van der Waals surface area contributed by atoms with Crippen LogP contribution in [0.15, 0.2) is 84.9 Å². The molecule has 6 nitrogen and oxygen atoms in total. The monoisotopic (exact) mass is 431 g/mol. The number of hydrogen-bond acceptors (Lipinski definition) is 4. The molecule has 0 aliphatic heterocycles. The Morgan fingerprint density at radius 1 is 0.839 bits per heavy atom. The van der Waals surface area contributed by atoms with Gasteiger partial charge in [0.15, 0.2) is 5.11 Å². The third-order valence-corrected chi connectivity index (χ3v) is 4.54. The van der Waals surface area contributed by atoms with Gasteiger partial charge in [-0.1, -0.05) is 60.7 Å². The molecule has 0 aliphatic carbocycles. The second-order valence-corrected chi connectivity index (χ2v) is 6.82. The van der Waals surface area contributed by atoms with Crippen molar-refractivity contribution in [3.8, 4) is 16.9 Å². The Balaban J connectivity index is 1.49. The molecule has 31 heavy (non-hydrogen) atoms. The molecule has 0 unspecified atom stereocenters. The summed E-state index contributed by atoms with van der Waals surface area (Å²) in [7, 11) is 1.56. The van der Waals surface area contributed by atoms with Crippen molar-refractivity contribution in [1.29, 1.82) is 0 Å². The van der Waals surface area contributed by atoms with Gasteiger partial charge in [0, 0.05) is 17.2 Å². The van der Waals surface area contributed by atoms with Gasteiger partial charge in [-0.2, -0.15) is 0 Å². The topological polar surface area (TPSA) is 79.5 Å². The van der Waals surface area contributed by atoms with Crippen LogP contribution in [-0.4, -0.2) is 24.0 Å². The first-order valence-electron chi connectivity index (χ1n) is 9.44. The lowest BCUT2D eigenvalue weighted by atomic mass is 10.0. The summed E-state index contributed by atoms with van der Waals surface area (Å²) >= 11 is 5.05. The van der Waals surface area contributed by atoms with Crippen molar-refractivity contribution in [2.24, 2.45) is 0 Å². The minimum absolute atomic E-state index is 0.0241. The largest absolute Gasteiger partial charge is 0.496 e. The number of benzene rings is 3. The van der Waals surface area contributed by atoms with Gasteiger partial charge in [0.05, 0.1) is 7.11 Å². The van der Waals surface area contributed by atoms with Crippen LogP contribution in [0.25, 0.3) is 17.2 Å². The predicted octanol–water partition coefficient (Wildman–Crippen LogP) is 3.71. The fraction of sp³-hybridized carbons (Fsp3) is 0.0417. The summed E-state index contributed by atoms with van der Waals surface area (Å²) in [5.74, 6) is -0.163. The Kier molecular flexibility index (Phi) is 7.50. The van der Waals surface area contributed by atoms with Gasteiger partial charge in [0.25, 0.3) is 5.91 Å². The first-order chi connectivity index (χ1) is 15.1. The van der Waals surface area contributed by atoms with Crippen molar-refractivity contribution in [2.45, 2.75) is 0 Å². The number of ether oxygens (including phenoxy) is 1. The quantitative estimate of drug-likeness (QED) is 0.326. The molecule has 0 atom stereocenters. The van der Waals surface area contributed by atoms with Gasteiger partial charge >= 0.3 is 0 Å². The lowest BCUT2D eigenvalue weighted by Gasteiger charge is -2.10. The fourth-order valence-electron chi connectivity index (χ4n) is 2.78. The van der Waals surface area contributed by atoms with Crippen LogP contribution in [0.2, 0.25) is 0 Å². The molecule has 3 aromatic rings. The second-order valence-electron chi connectivity index (χ2n) is 6.42. The van der Waals surface area contributed by atoms with E-state index in [1.165, 1.54) is 6.08 Å². The molecule has 0 bridgehead atoms. The first-order valence-corrected chi connectivity index (χ1v) is 9.85. The average molecular weight is 432 g/mol. The highest BCUT2D eigenvalue weighted by molar-refractivity contribution is 7.80. The summed E-state index contributed by atoms with van der Waals surface area (Å²) in [5.41, 5.74) is 8.27. The Bertz CT molecular complexity index is 1100. The van der Waals surface area contributed by atoms with Crippen molar-refractivity contribution in [3.05, 3.63) is 96.1 Å². The van der Waals surface area contributed by atoms with E-state index < -0.39 is 5.91 Å². The lowest BCUT2D eigenvalue weighted by Crippen LogP contribution is -2.48. The number of carbonyl (C=O) groups is 2. The summed E-state index contributed by atoms with van der Waals surface area (Å²) in [4.78, 5) is 24.3. The maximum Gasteiger partial charge on any atom is 0.269 e. The molecular weight excluding hydrogens is 410 g/mol. The van der Waals surface area contributed by atoms with Gasteiger partial charge in [-0.3, -0.25) is 25.8 Å². The summed E-state index contributed by atoms with van der Waals surface area (Å²) in [5, 5.41) is 2.44. The Hall–Kier alpha value is -3.97. The van der Waals surface area contributed by atoms with Crippen LogP contribution >= 0.6 is 12.2 Å². The van der Waals surface area contributed by atoms with Crippen LogP contribution in [0.3, 0.4) is 0 Å². The standard InChI is InChI=1S/C24H21N3O3S/c1-30-21-10-6-5-9-19(21)15-16-22(28)25-24(31)27-26-23(29)20-13-11-18(12-14-20)17-7-3-2-4-8-17/h2-16H,1H3,(H,26,29)(H2,25,27,28,31)/b16-15+. The molecule has 0 spiro atoms. The number of para-hydroxylation sites is 1. The maximum absolute atomic E-state index is 12.3. The average Bonchev–Trinajstić information content (AvgIpc) is 2.82. The van der Waals surface area contributed by atoms with E-state index in [9.17, 15) is 9.59 Å². The molecule has 0 saturated heterocycles. The Morgan fingerprint density at radius 3 is 2.19 bits per heavy atom. The number of thiocarbonyl (C=S) groups is 1.